The lowest BCUT2D eigenvalue weighted by Crippen LogP contribution is -2.19. The Morgan fingerprint density at radius 3 is 2.88 bits per heavy atom. The van der Waals surface area contributed by atoms with Gasteiger partial charge in [-0.15, -0.1) is 11.6 Å². The van der Waals surface area contributed by atoms with Crippen LogP contribution in [0.3, 0.4) is 0 Å². The van der Waals surface area contributed by atoms with Crippen molar-refractivity contribution in [3.63, 3.8) is 0 Å². The topological polar surface area (TPSA) is 69.1 Å². The quantitative estimate of drug-likeness (QED) is 0.738. The van der Waals surface area contributed by atoms with Gasteiger partial charge >= 0.3 is 0 Å². The molecule has 0 bridgehead atoms. The molecule has 0 amide bonds. The molecule has 0 aliphatic rings. The second-order valence-electron chi connectivity index (χ2n) is 3.43. The number of fused-ring (bicyclic) bond motifs is 1. The second-order valence-corrected chi connectivity index (χ2v) is 4.14. The highest BCUT2D eigenvalue weighted by Crippen LogP contribution is 2.30. The van der Waals surface area contributed by atoms with Crippen molar-refractivity contribution in [2.24, 2.45) is 0 Å². The van der Waals surface area contributed by atoms with E-state index in [0.717, 1.165) is 0 Å². The Balaban J connectivity index is 2.53. The Morgan fingerprint density at radius 1 is 1.44 bits per heavy atom. The number of nitrogens with zero attached hydrogens (tertiary/aromatic N) is 1. The fourth-order valence-corrected chi connectivity index (χ4v) is 1.99. The maximum absolute atomic E-state index is 9.86. The molecule has 0 saturated heterocycles. The number of hydrogen-bond donors (Lipinski definition) is 3. The lowest BCUT2D eigenvalue weighted by molar-refractivity contribution is 0.0336. The molecular weight excluding hydrogens is 251 g/mol. The Morgan fingerprint density at radius 2 is 2.19 bits per heavy atom. The summed E-state index contributed by atoms with van der Waals surface area (Å²) in [4.78, 5) is 6.94. The first kappa shape index (κ1) is 11.7. The zero-order chi connectivity index (χ0) is 11.7. The SMILES string of the molecule is OC(CCl)C(O)c1c[nH]c2nccc(Cl)c12. The number of H-pyrrole nitrogens is 1. The molecule has 2 rings (SSSR count). The van der Waals surface area contributed by atoms with Crippen molar-refractivity contribution < 1.29 is 10.2 Å². The molecule has 4 nitrogen and oxygen atoms in total. The summed E-state index contributed by atoms with van der Waals surface area (Å²) in [5.74, 6) is -0.0499. The maximum atomic E-state index is 9.86. The fraction of sp³-hybridized carbons (Fsp3) is 0.300. The number of hydrogen-bond acceptors (Lipinski definition) is 3. The van der Waals surface area contributed by atoms with E-state index in [2.05, 4.69) is 9.97 Å². The van der Waals surface area contributed by atoms with Gasteiger partial charge in [-0.05, 0) is 6.07 Å². The van der Waals surface area contributed by atoms with E-state index in [4.69, 9.17) is 23.2 Å². The lowest BCUT2D eigenvalue weighted by atomic mass is 10.1. The zero-order valence-corrected chi connectivity index (χ0v) is 9.70. The van der Waals surface area contributed by atoms with Crippen LogP contribution in [-0.4, -0.2) is 32.2 Å². The minimum atomic E-state index is -1.08. The van der Waals surface area contributed by atoms with Crippen LogP contribution in [0.25, 0.3) is 11.0 Å². The molecule has 2 unspecified atom stereocenters. The number of halogens is 2. The number of rotatable bonds is 3. The van der Waals surface area contributed by atoms with Crippen molar-refractivity contribution in [3.8, 4) is 0 Å². The normalized spacial score (nSPS) is 15.2. The van der Waals surface area contributed by atoms with Crippen LogP contribution in [0.5, 0.6) is 0 Å². The lowest BCUT2D eigenvalue weighted by Gasteiger charge is -2.14. The molecule has 0 spiro atoms. The van der Waals surface area contributed by atoms with E-state index in [1.807, 2.05) is 0 Å². The third-order valence-electron chi connectivity index (χ3n) is 2.39. The summed E-state index contributed by atoms with van der Waals surface area (Å²) in [5.41, 5.74) is 1.07. The minimum Gasteiger partial charge on any atom is -0.389 e. The molecule has 0 aromatic carbocycles. The van der Waals surface area contributed by atoms with E-state index in [9.17, 15) is 10.2 Å². The van der Waals surface area contributed by atoms with Gasteiger partial charge in [-0.3, -0.25) is 0 Å². The number of aromatic amines is 1. The van der Waals surface area contributed by atoms with Crippen molar-refractivity contribution in [2.75, 3.05) is 5.88 Å². The number of pyridine rings is 1. The molecule has 2 aromatic rings. The van der Waals surface area contributed by atoms with Gasteiger partial charge in [0.05, 0.1) is 17.0 Å². The van der Waals surface area contributed by atoms with E-state index < -0.39 is 12.2 Å². The number of aliphatic hydroxyl groups excluding tert-OH is 2. The van der Waals surface area contributed by atoms with Crippen LogP contribution in [0, 0.1) is 0 Å². The highest BCUT2D eigenvalue weighted by molar-refractivity contribution is 6.35. The first-order valence-corrected chi connectivity index (χ1v) is 5.60. The van der Waals surface area contributed by atoms with Crippen molar-refractivity contribution in [3.05, 3.63) is 29.0 Å². The third kappa shape index (κ3) is 1.89. The molecule has 0 fully saturated rings. The molecule has 2 atom stereocenters. The second kappa shape index (κ2) is 4.59. The summed E-state index contributed by atoms with van der Waals surface area (Å²) in [6.45, 7) is 0. The van der Waals surface area contributed by atoms with E-state index >= 15 is 0 Å². The summed E-state index contributed by atoms with van der Waals surface area (Å²) in [5, 5.41) is 20.4. The molecule has 2 aromatic heterocycles. The van der Waals surface area contributed by atoms with Crippen LogP contribution < -0.4 is 0 Å². The van der Waals surface area contributed by atoms with Gasteiger partial charge in [-0.2, -0.15) is 0 Å². The van der Waals surface area contributed by atoms with Crippen LogP contribution in [0.15, 0.2) is 18.5 Å². The van der Waals surface area contributed by atoms with Crippen molar-refractivity contribution in [2.45, 2.75) is 12.2 Å². The Bertz CT molecular complexity index is 501. The van der Waals surface area contributed by atoms with Gasteiger partial charge in [0.1, 0.15) is 11.8 Å². The van der Waals surface area contributed by atoms with Crippen molar-refractivity contribution in [1.82, 2.24) is 9.97 Å². The standard InChI is InChI=1S/C10H10Cl2N2O2/c11-3-7(15)9(16)5-4-14-10-8(5)6(12)1-2-13-10/h1-2,4,7,9,15-16H,3H2,(H,13,14). The van der Waals surface area contributed by atoms with Crippen LogP contribution in [-0.2, 0) is 0 Å². The molecule has 0 radical (unpaired) electrons. The van der Waals surface area contributed by atoms with Gasteiger partial charge in [0, 0.05) is 23.3 Å². The maximum Gasteiger partial charge on any atom is 0.139 e. The van der Waals surface area contributed by atoms with Crippen LogP contribution in [0.4, 0.5) is 0 Å². The minimum absolute atomic E-state index is 0.0499. The fourth-order valence-electron chi connectivity index (χ4n) is 1.57. The molecule has 3 N–H and O–H groups in total. The summed E-state index contributed by atoms with van der Waals surface area (Å²) >= 11 is 11.5. The predicted molar refractivity (Wildman–Crippen MR) is 62.8 cm³/mol. The Kier molecular flexibility index (Phi) is 3.35. The zero-order valence-electron chi connectivity index (χ0n) is 8.19. The van der Waals surface area contributed by atoms with Gasteiger partial charge in [0.2, 0.25) is 0 Å². The monoisotopic (exact) mass is 260 g/mol. The summed E-state index contributed by atoms with van der Waals surface area (Å²) in [6.07, 6.45) is 1.03. The van der Waals surface area contributed by atoms with Crippen LogP contribution in [0.1, 0.15) is 11.7 Å². The third-order valence-corrected chi connectivity index (χ3v) is 3.03. The van der Waals surface area contributed by atoms with Gasteiger partial charge in [0.15, 0.2) is 0 Å². The first-order chi connectivity index (χ1) is 7.65. The molecule has 86 valence electrons. The number of nitrogens with one attached hydrogen (secondary N) is 1. The van der Waals surface area contributed by atoms with Crippen LogP contribution >= 0.6 is 23.2 Å². The molecule has 16 heavy (non-hydrogen) atoms. The van der Waals surface area contributed by atoms with E-state index in [1.165, 1.54) is 0 Å². The molecule has 2 heterocycles. The average Bonchev–Trinajstić information content (AvgIpc) is 2.72. The predicted octanol–water partition coefficient (Wildman–Crippen LogP) is 1.85. The Hall–Kier alpha value is -0.810. The molecular formula is C10H10Cl2N2O2. The summed E-state index contributed by atoms with van der Waals surface area (Å²) in [6, 6.07) is 1.63. The molecule has 0 saturated carbocycles. The van der Waals surface area contributed by atoms with Gasteiger partial charge < -0.3 is 15.2 Å². The number of aliphatic hydroxyl groups is 2. The van der Waals surface area contributed by atoms with Crippen molar-refractivity contribution in [1.29, 1.82) is 0 Å². The number of alkyl halides is 1. The molecule has 6 heteroatoms. The summed E-state index contributed by atoms with van der Waals surface area (Å²) in [7, 11) is 0. The highest BCUT2D eigenvalue weighted by atomic mass is 35.5. The van der Waals surface area contributed by atoms with Crippen LogP contribution in [0.2, 0.25) is 5.02 Å². The van der Waals surface area contributed by atoms with Gasteiger partial charge in [0.25, 0.3) is 0 Å². The largest absolute Gasteiger partial charge is 0.389 e. The van der Waals surface area contributed by atoms with E-state index in [-0.39, 0.29) is 5.88 Å². The number of aromatic nitrogens is 2. The Labute approximate surface area is 102 Å². The smallest absolute Gasteiger partial charge is 0.139 e. The molecule has 0 aliphatic carbocycles. The first-order valence-electron chi connectivity index (χ1n) is 4.68. The van der Waals surface area contributed by atoms with E-state index in [0.29, 0.717) is 21.6 Å². The van der Waals surface area contributed by atoms with Gasteiger partial charge in [-0.1, -0.05) is 11.6 Å². The highest BCUT2D eigenvalue weighted by Gasteiger charge is 2.22. The van der Waals surface area contributed by atoms with E-state index in [1.54, 1.807) is 18.5 Å². The summed E-state index contributed by atoms with van der Waals surface area (Å²) < 4.78 is 0. The van der Waals surface area contributed by atoms with Crippen molar-refractivity contribution >= 4 is 34.2 Å². The average molecular weight is 261 g/mol. The molecule has 0 aliphatic heterocycles. The van der Waals surface area contributed by atoms with Gasteiger partial charge in [-0.25, -0.2) is 4.98 Å².